The Balaban J connectivity index is 3.75. The molecule has 0 heterocycles. The summed E-state index contributed by atoms with van der Waals surface area (Å²) in [6.07, 6.45) is 0. The van der Waals surface area contributed by atoms with Crippen LogP contribution in [0.5, 0.6) is 0 Å². The van der Waals surface area contributed by atoms with E-state index in [-0.39, 0.29) is 0 Å². The van der Waals surface area contributed by atoms with Gasteiger partial charge in [0.2, 0.25) is 0 Å². The largest absolute Gasteiger partial charge is 0.284 e. The van der Waals surface area contributed by atoms with Gasteiger partial charge in [0.15, 0.2) is 0 Å². The van der Waals surface area contributed by atoms with Gasteiger partial charge in [-0.1, -0.05) is 0 Å². The first kappa shape index (κ1) is 6.42. The molecule has 0 rings (SSSR count). The Hall–Kier alpha value is -1.58. The highest BCUT2D eigenvalue weighted by Gasteiger charge is 1.29. The second kappa shape index (κ2) is 5.42. The molecule has 38 valence electrons. The number of hydrogen-bond acceptors (Lipinski definition) is 0. The lowest BCUT2D eigenvalue weighted by molar-refractivity contribution is 2.29. The van der Waals surface area contributed by atoms with Crippen LogP contribution in [0.25, 0.3) is 0 Å². The highest BCUT2D eigenvalue weighted by atomic mass is 13.5. The van der Waals surface area contributed by atoms with Crippen LogP contribution in [0.1, 0.15) is 0 Å². The van der Waals surface area contributed by atoms with Crippen molar-refractivity contribution >= 4 is 0 Å². The molecule has 0 aliphatic rings. The van der Waals surface area contributed by atoms with Crippen molar-refractivity contribution in [1.29, 1.82) is 0 Å². The van der Waals surface area contributed by atoms with Gasteiger partial charge < -0.3 is 0 Å². The van der Waals surface area contributed by atoms with Crippen LogP contribution in [-0.4, -0.2) is 0 Å². The Morgan fingerprint density at radius 1 is 0.625 bits per heavy atom. The maximum absolute atomic E-state index is 3.26. The number of rotatable bonds is 0. The monoisotopic (exact) mass is 100 g/mol. The average Bonchev–Trinajstić information content (AvgIpc) is 1.81. The van der Waals surface area contributed by atoms with E-state index in [4.69, 9.17) is 0 Å². The Bertz CT molecular complexity index is 190. The summed E-state index contributed by atoms with van der Waals surface area (Å²) in [6.45, 7) is 6.51. The standard InChI is InChI=1S/C8H4/c1-3-5-7-8-6-4-2/h1-2H2/q-2. The third-order valence-corrected chi connectivity index (χ3v) is 0.364. The van der Waals surface area contributed by atoms with Gasteiger partial charge in [0.1, 0.15) is 0 Å². The van der Waals surface area contributed by atoms with Crippen LogP contribution in [0, 0.1) is 49.4 Å². The molecule has 0 amide bonds. The maximum atomic E-state index is 3.26. The van der Waals surface area contributed by atoms with Crippen LogP contribution in [0.4, 0.5) is 0 Å². The molecule has 0 bridgehead atoms. The first-order valence-corrected chi connectivity index (χ1v) is 1.96. The van der Waals surface area contributed by atoms with E-state index >= 15 is 0 Å². The third kappa shape index (κ3) is 4.42. The van der Waals surface area contributed by atoms with Gasteiger partial charge >= 0.3 is 0 Å². The topological polar surface area (TPSA) is 0 Å². The van der Waals surface area contributed by atoms with Crippen LogP contribution in [-0.2, 0) is 0 Å². The van der Waals surface area contributed by atoms with Gasteiger partial charge in [0, 0.05) is 0 Å². The van der Waals surface area contributed by atoms with Crippen molar-refractivity contribution in [2.75, 3.05) is 0 Å². The smallest absolute Gasteiger partial charge is 0.143 e. The third-order valence-electron chi connectivity index (χ3n) is 0.364. The minimum absolute atomic E-state index is 2.36. The Morgan fingerprint density at radius 3 is 1.25 bits per heavy atom. The molecule has 0 saturated heterocycles. The molecule has 0 aliphatic heterocycles. The summed E-state index contributed by atoms with van der Waals surface area (Å²) in [5.41, 5.74) is 0. The van der Waals surface area contributed by atoms with Gasteiger partial charge in [-0.25, -0.2) is 11.8 Å². The summed E-state index contributed by atoms with van der Waals surface area (Å²) in [6, 6.07) is 0. The molecule has 0 N–H and O–H groups in total. The van der Waals surface area contributed by atoms with Gasteiger partial charge in [-0.2, -0.15) is 13.8 Å². The lowest BCUT2D eigenvalue weighted by Gasteiger charge is -1.70. The zero-order chi connectivity index (χ0) is 6.24. The van der Waals surface area contributed by atoms with Crippen LogP contribution in [0.2, 0.25) is 0 Å². The quantitative estimate of drug-likeness (QED) is 0.310. The fourth-order valence-corrected chi connectivity index (χ4v) is 0.151. The van der Waals surface area contributed by atoms with Crippen molar-refractivity contribution in [3.8, 4) is 35.5 Å². The summed E-state index contributed by atoms with van der Waals surface area (Å²) in [5, 5.41) is 0. The SMILES string of the molecule is [CH2-]C#CC#CC#C[CH2-]. The lowest BCUT2D eigenvalue weighted by Crippen LogP contribution is -1.49. The molecule has 0 saturated carbocycles. The van der Waals surface area contributed by atoms with Crippen molar-refractivity contribution < 1.29 is 0 Å². The van der Waals surface area contributed by atoms with Gasteiger partial charge in [0.05, 0.1) is 0 Å². The zero-order valence-corrected chi connectivity index (χ0v) is 4.41. The molecule has 0 aromatic rings. The highest BCUT2D eigenvalue weighted by molar-refractivity contribution is 5.36. The van der Waals surface area contributed by atoms with Crippen molar-refractivity contribution in [3.63, 3.8) is 0 Å². The fraction of sp³-hybridized carbons (Fsp3) is 0. The van der Waals surface area contributed by atoms with Crippen LogP contribution >= 0.6 is 0 Å². The normalized spacial score (nSPS) is 3.50. The van der Waals surface area contributed by atoms with Crippen LogP contribution in [0.3, 0.4) is 0 Å². The second-order valence-electron chi connectivity index (χ2n) is 0.854. The molecular formula is C8H4-2. The van der Waals surface area contributed by atoms with E-state index in [1.807, 2.05) is 0 Å². The molecule has 0 spiro atoms. The fourth-order valence-electron chi connectivity index (χ4n) is 0.151. The van der Waals surface area contributed by atoms with E-state index < -0.39 is 0 Å². The van der Waals surface area contributed by atoms with Crippen molar-refractivity contribution in [2.24, 2.45) is 0 Å². The van der Waals surface area contributed by atoms with Gasteiger partial charge in [-0.3, -0.25) is 11.8 Å². The van der Waals surface area contributed by atoms with Crippen molar-refractivity contribution in [3.05, 3.63) is 13.8 Å². The molecule has 0 heteroatoms. The molecule has 0 unspecified atom stereocenters. The molecule has 0 aromatic heterocycles. The predicted molar refractivity (Wildman–Crippen MR) is 34.0 cm³/mol. The zero-order valence-electron chi connectivity index (χ0n) is 4.41. The summed E-state index contributed by atoms with van der Waals surface area (Å²) in [5.74, 6) is 14.5. The Kier molecular flexibility index (Phi) is 4.35. The van der Waals surface area contributed by atoms with Crippen molar-refractivity contribution in [1.82, 2.24) is 0 Å². The summed E-state index contributed by atoms with van der Waals surface area (Å²) < 4.78 is 0. The van der Waals surface area contributed by atoms with Crippen LogP contribution < -0.4 is 0 Å². The Morgan fingerprint density at radius 2 is 1.00 bits per heavy atom. The van der Waals surface area contributed by atoms with E-state index in [1.165, 1.54) is 0 Å². The molecule has 0 nitrogen and oxygen atoms in total. The van der Waals surface area contributed by atoms with Gasteiger partial charge in [-0.15, -0.1) is 11.8 Å². The molecule has 0 radical (unpaired) electrons. The molecular weight excluding hydrogens is 96.1 g/mol. The van der Waals surface area contributed by atoms with E-state index in [0.717, 1.165) is 0 Å². The lowest BCUT2D eigenvalue weighted by atomic mass is 10.5. The van der Waals surface area contributed by atoms with E-state index in [1.54, 1.807) is 0 Å². The minimum atomic E-state index is 2.36. The van der Waals surface area contributed by atoms with E-state index in [0.29, 0.717) is 0 Å². The van der Waals surface area contributed by atoms with Gasteiger partial charge in [0.25, 0.3) is 0 Å². The Labute approximate surface area is 50.3 Å². The molecule has 8 heavy (non-hydrogen) atoms. The van der Waals surface area contributed by atoms with E-state index in [2.05, 4.69) is 49.4 Å². The molecule has 0 atom stereocenters. The first-order valence-electron chi connectivity index (χ1n) is 1.96. The first-order chi connectivity index (χ1) is 3.91. The summed E-state index contributed by atoms with van der Waals surface area (Å²) in [4.78, 5) is 0. The highest BCUT2D eigenvalue weighted by Crippen LogP contribution is 1.51. The summed E-state index contributed by atoms with van der Waals surface area (Å²) >= 11 is 0. The summed E-state index contributed by atoms with van der Waals surface area (Å²) in [7, 11) is 0. The minimum Gasteiger partial charge on any atom is -0.284 e. The predicted octanol–water partition coefficient (Wildman–Crippen LogP) is 0.665. The van der Waals surface area contributed by atoms with Crippen LogP contribution in [0.15, 0.2) is 0 Å². The average molecular weight is 100 g/mol. The molecule has 0 aliphatic carbocycles. The second-order valence-corrected chi connectivity index (χ2v) is 0.854. The number of hydrogen-bond donors (Lipinski definition) is 0. The molecule has 0 aromatic carbocycles. The van der Waals surface area contributed by atoms with E-state index in [9.17, 15) is 0 Å². The van der Waals surface area contributed by atoms with Crippen molar-refractivity contribution in [2.45, 2.75) is 0 Å². The maximum Gasteiger partial charge on any atom is -0.143 e. The van der Waals surface area contributed by atoms with Gasteiger partial charge in [-0.05, 0) is 0 Å². The molecule has 0 fully saturated rings.